The number of rotatable bonds is 5. The molecular weight excluding hydrogens is 256 g/mol. The van der Waals surface area contributed by atoms with E-state index in [0.717, 1.165) is 32.2 Å². The molecule has 1 amide bonds. The minimum absolute atomic E-state index is 0.0148. The maximum absolute atomic E-state index is 12.4. The van der Waals surface area contributed by atoms with Crippen molar-refractivity contribution in [2.24, 2.45) is 11.3 Å². The number of nitrogens with zero attached hydrogens (tertiary/aromatic N) is 2. The molecule has 0 aromatic carbocycles. The number of carbonyl (C=O) groups excluding carboxylic acids is 1. The van der Waals surface area contributed by atoms with Crippen LogP contribution in [0.15, 0.2) is 0 Å². The molecule has 5 heteroatoms. The molecule has 2 aliphatic rings. The van der Waals surface area contributed by atoms with Crippen LogP contribution in [0.1, 0.15) is 40.0 Å². The lowest BCUT2D eigenvalue weighted by Gasteiger charge is -2.37. The molecule has 1 atom stereocenters. The Morgan fingerprint density at radius 1 is 1.20 bits per heavy atom. The highest BCUT2D eigenvalue weighted by atomic mass is 16.4. The zero-order valence-corrected chi connectivity index (χ0v) is 12.8. The first kappa shape index (κ1) is 15.3. The highest BCUT2D eigenvalue weighted by Crippen LogP contribution is 2.33. The summed E-state index contributed by atoms with van der Waals surface area (Å²) in [4.78, 5) is 28.1. The van der Waals surface area contributed by atoms with Crippen molar-refractivity contribution in [1.82, 2.24) is 9.80 Å². The quantitative estimate of drug-likeness (QED) is 0.828. The van der Waals surface area contributed by atoms with Crippen LogP contribution in [-0.2, 0) is 9.59 Å². The Bertz CT molecular complexity index is 385. The molecule has 1 saturated heterocycles. The predicted octanol–water partition coefficient (Wildman–Crippen LogP) is 1.43. The second kappa shape index (κ2) is 5.72. The predicted molar refractivity (Wildman–Crippen MR) is 76.4 cm³/mol. The molecule has 1 aliphatic carbocycles. The van der Waals surface area contributed by atoms with E-state index >= 15 is 0 Å². The van der Waals surface area contributed by atoms with Gasteiger partial charge in [0, 0.05) is 38.6 Å². The SMILES string of the molecule is CC(C)C(C)(CC(=O)N1CCN(C2CC2)CC1)C(=O)O. The summed E-state index contributed by atoms with van der Waals surface area (Å²) in [5.41, 5.74) is -0.968. The van der Waals surface area contributed by atoms with E-state index in [1.165, 1.54) is 12.8 Å². The number of hydrogen-bond donors (Lipinski definition) is 1. The fourth-order valence-electron chi connectivity index (χ4n) is 2.73. The Labute approximate surface area is 120 Å². The van der Waals surface area contributed by atoms with E-state index in [0.29, 0.717) is 0 Å². The second-order valence-electron chi connectivity index (χ2n) is 6.70. The first-order valence-corrected chi connectivity index (χ1v) is 7.60. The third-order valence-electron chi connectivity index (χ3n) is 5.01. The average Bonchev–Trinajstić information content (AvgIpc) is 3.22. The first-order valence-electron chi connectivity index (χ1n) is 7.60. The molecule has 1 saturated carbocycles. The highest BCUT2D eigenvalue weighted by molar-refractivity contribution is 5.85. The first-order chi connectivity index (χ1) is 9.34. The van der Waals surface area contributed by atoms with Gasteiger partial charge in [-0.25, -0.2) is 0 Å². The molecule has 1 heterocycles. The molecule has 0 bridgehead atoms. The topological polar surface area (TPSA) is 60.9 Å². The van der Waals surface area contributed by atoms with Crippen molar-refractivity contribution in [3.05, 3.63) is 0 Å². The van der Waals surface area contributed by atoms with E-state index in [-0.39, 0.29) is 18.2 Å². The Kier molecular flexibility index (Phi) is 4.37. The fraction of sp³-hybridized carbons (Fsp3) is 0.867. The molecule has 0 aromatic rings. The van der Waals surface area contributed by atoms with Gasteiger partial charge < -0.3 is 10.0 Å². The van der Waals surface area contributed by atoms with Gasteiger partial charge in [-0.2, -0.15) is 0 Å². The summed E-state index contributed by atoms with van der Waals surface area (Å²) in [6, 6.07) is 0.743. The van der Waals surface area contributed by atoms with Crippen molar-refractivity contribution in [3.8, 4) is 0 Å². The Morgan fingerprint density at radius 2 is 1.75 bits per heavy atom. The van der Waals surface area contributed by atoms with Gasteiger partial charge in [-0.05, 0) is 25.7 Å². The number of carboxylic acids is 1. The normalized spacial score (nSPS) is 23.7. The molecule has 1 N–H and O–H groups in total. The zero-order chi connectivity index (χ0) is 14.9. The molecule has 20 heavy (non-hydrogen) atoms. The summed E-state index contributed by atoms with van der Waals surface area (Å²) in [6.45, 7) is 8.76. The lowest BCUT2D eigenvalue weighted by molar-refractivity contribution is -0.156. The van der Waals surface area contributed by atoms with Gasteiger partial charge >= 0.3 is 5.97 Å². The smallest absolute Gasteiger partial charge is 0.310 e. The molecule has 2 fully saturated rings. The van der Waals surface area contributed by atoms with Crippen molar-refractivity contribution >= 4 is 11.9 Å². The van der Waals surface area contributed by atoms with Crippen LogP contribution in [0.5, 0.6) is 0 Å². The lowest BCUT2D eigenvalue weighted by atomic mass is 9.76. The summed E-state index contributed by atoms with van der Waals surface area (Å²) in [7, 11) is 0. The number of carbonyl (C=O) groups is 2. The van der Waals surface area contributed by atoms with Gasteiger partial charge in [-0.1, -0.05) is 13.8 Å². The number of aliphatic carboxylic acids is 1. The molecule has 0 spiro atoms. The number of carboxylic acid groups (broad SMARTS) is 1. The minimum atomic E-state index is -0.968. The van der Waals surface area contributed by atoms with Crippen molar-refractivity contribution in [2.45, 2.75) is 46.1 Å². The van der Waals surface area contributed by atoms with Crippen LogP contribution < -0.4 is 0 Å². The zero-order valence-electron chi connectivity index (χ0n) is 12.8. The van der Waals surface area contributed by atoms with Gasteiger partial charge in [-0.3, -0.25) is 14.5 Å². The summed E-state index contributed by atoms with van der Waals surface area (Å²) in [6.07, 6.45) is 2.68. The number of amides is 1. The Balaban J connectivity index is 1.89. The summed E-state index contributed by atoms with van der Waals surface area (Å²) < 4.78 is 0. The van der Waals surface area contributed by atoms with E-state index in [1.54, 1.807) is 6.92 Å². The summed E-state index contributed by atoms with van der Waals surface area (Å²) >= 11 is 0. The molecule has 0 aromatic heterocycles. The molecule has 114 valence electrons. The average molecular weight is 282 g/mol. The third-order valence-corrected chi connectivity index (χ3v) is 5.01. The Morgan fingerprint density at radius 3 is 2.15 bits per heavy atom. The second-order valence-corrected chi connectivity index (χ2v) is 6.70. The molecule has 2 rings (SSSR count). The number of hydrogen-bond acceptors (Lipinski definition) is 3. The maximum Gasteiger partial charge on any atom is 0.310 e. The maximum atomic E-state index is 12.4. The van der Waals surface area contributed by atoms with Crippen LogP contribution in [0.3, 0.4) is 0 Å². The summed E-state index contributed by atoms with van der Waals surface area (Å²) in [5.74, 6) is -0.951. The largest absolute Gasteiger partial charge is 0.481 e. The highest BCUT2D eigenvalue weighted by Gasteiger charge is 2.40. The molecular formula is C15H26N2O3. The van der Waals surface area contributed by atoms with E-state index in [9.17, 15) is 14.7 Å². The van der Waals surface area contributed by atoms with Crippen molar-refractivity contribution in [3.63, 3.8) is 0 Å². The third kappa shape index (κ3) is 3.14. The van der Waals surface area contributed by atoms with Crippen LogP contribution in [0, 0.1) is 11.3 Å². The minimum Gasteiger partial charge on any atom is -0.481 e. The van der Waals surface area contributed by atoms with E-state index in [2.05, 4.69) is 4.90 Å². The van der Waals surface area contributed by atoms with Crippen molar-refractivity contribution < 1.29 is 14.7 Å². The van der Waals surface area contributed by atoms with E-state index in [1.807, 2.05) is 18.7 Å². The van der Waals surface area contributed by atoms with Gasteiger partial charge in [0.25, 0.3) is 0 Å². The van der Waals surface area contributed by atoms with Gasteiger partial charge in [0.1, 0.15) is 0 Å². The van der Waals surface area contributed by atoms with Crippen molar-refractivity contribution in [2.75, 3.05) is 26.2 Å². The summed E-state index contributed by atoms with van der Waals surface area (Å²) in [5, 5.41) is 9.39. The van der Waals surface area contributed by atoms with Gasteiger partial charge in [-0.15, -0.1) is 0 Å². The van der Waals surface area contributed by atoms with Crippen LogP contribution in [-0.4, -0.2) is 59.0 Å². The van der Waals surface area contributed by atoms with Crippen LogP contribution in [0.2, 0.25) is 0 Å². The van der Waals surface area contributed by atoms with Crippen LogP contribution in [0.25, 0.3) is 0 Å². The lowest BCUT2D eigenvalue weighted by Crippen LogP contribution is -2.51. The number of piperazine rings is 1. The monoisotopic (exact) mass is 282 g/mol. The Hall–Kier alpha value is -1.10. The molecule has 1 aliphatic heterocycles. The van der Waals surface area contributed by atoms with E-state index in [4.69, 9.17) is 0 Å². The van der Waals surface area contributed by atoms with Gasteiger partial charge in [0.2, 0.25) is 5.91 Å². The molecule has 0 radical (unpaired) electrons. The molecule has 1 unspecified atom stereocenters. The van der Waals surface area contributed by atoms with Crippen molar-refractivity contribution in [1.29, 1.82) is 0 Å². The van der Waals surface area contributed by atoms with Crippen LogP contribution >= 0.6 is 0 Å². The van der Waals surface area contributed by atoms with Gasteiger partial charge in [0.15, 0.2) is 0 Å². The van der Waals surface area contributed by atoms with E-state index < -0.39 is 11.4 Å². The van der Waals surface area contributed by atoms with Crippen LogP contribution in [0.4, 0.5) is 0 Å². The standard InChI is InChI=1S/C15H26N2O3/c1-11(2)15(3,14(19)20)10-13(18)17-8-6-16(7-9-17)12-4-5-12/h11-12H,4-10H2,1-3H3,(H,19,20). The van der Waals surface area contributed by atoms with Gasteiger partial charge in [0.05, 0.1) is 5.41 Å². The molecule has 5 nitrogen and oxygen atoms in total. The fourth-order valence-corrected chi connectivity index (χ4v) is 2.73.